The van der Waals surface area contributed by atoms with E-state index in [1.54, 1.807) is 48.5 Å². The van der Waals surface area contributed by atoms with Crippen LogP contribution in [0.3, 0.4) is 0 Å². The van der Waals surface area contributed by atoms with Crippen molar-refractivity contribution >= 4 is 122 Å². The third-order valence-corrected chi connectivity index (χ3v) is 24.5. The summed E-state index contributed by atoms with van der Waals surface area (Å²) in [4.78, 5) is 14.3. The zero-order chi connectivity index (χ0) is 69.1. The van der Waals surface area contributed by atoms with Crippen LogP contribution >= 0.6 is 0 Å². The number of benzene rings is 14. The standard InChI is InChI=1S/C90H68N6O4S2/c1-89(2)73-28-7-11-32-77(73)91(78-33-12-8-29-74(78)89)64-44-52-69(53-45-64)101(97,98)70-54-46-65(47-55-70)92-79-34-13-9-30-75(79)90(3,76-31-10-14-35-80(76)92)61-62-24-23-27-68(60-62)96-87-42-21-19-40-85(87)95(86-41-20-22-43-88(86)96)67-50-58-72(59-51-67)102(99,100)71-56-48-66(49-57-71)94-83-38-17-15-36-81(83)93(63-25-5-4-6-26-63)82-37-16-18-39-84(82)94/h4-60H,61H2,1-3H3. The summed E-state index contributed by atoms with van der Waals surface area (Å²) in [5.41, 5.74) is 22.6. The highest BCUT2D eigenvalue weighted by atomic mass is 32.2. The summed E-state index contributed by atoms with van der Waals surface area (Å²) in [7, 11) is -7.84. The van der Waals surface area contributed by atoms with Gasteiger partial charge in [0, 0.05) is 45.0 Å². The average Bonchev–Trinajstić information content (AvgIpc) is 0.744. The molecule has 12 heteroatoms. The number of fused-ring (bicyclic) bond motifs is 8. The molecule has 0 saturated heterocycles. The van der Waals surface area contributed by atoms with E-state index in [4.69, 9.17) is 0 Å². The van der Waals surface area contributed by atoms with Gasteiger partial charge in [-0.25, -0.2) is 16.8 Å². The van der Waals surface area contributed by atoms with E-state index in [0.717, 1.165) is 119 Å². The second-order valence-electron chi connectivity index (χ2n) is 27.2. The summed E-state index contributed by atoms with van der Waals surface area (Å²) in [6.07, 6.45) is 0.672. The van der Waals surface area contributed by atoms with Crippen LogP contribution in [0.5, 0.6) is 0 Å². The Morgan fingerprint density at radius 3 is 0.765 bits per heavy atom. The molecule has 0 unspecified atom stereocenters. The number of hydrogen-bond donors (Lipinski definition) is 0. The molecule has 0 aliphatic carbocycles. The van der Waals surface area contributed by atoms with Crippen molar-refractivity contribution in [1.29, 1.82) is 0 Å². The highest BCUT2D eigenvalue weighted by Crippen LogP contribution is 2.59. The maximum Gasteiger partial charge on any atom is 0.206 e. The molecule has 4 aliphatic heterocycles. The average molecular weight is 1360 g/mol. The van der Waals surface area contributed by atoms with Crippen LogP contribution in [0.4, 0.5) is 102 Å². The van der Waals surface area contributed by atoms with Crippen molar-refractivity contribution in [1.82, 2.24) is 0 Å². The van der Waals surface area contributed by atoms with Crippen molar-refractivity contribution in [3.63, 3.8) is 0 Å². The van der Waals surface area contributed by atoms with E-state index in [2.05, 4.69) is 244 Å². The van der Waals surface area contributed by atoms with E-state index < -0.39 is 25.1 Å². The molecule has 4 aliphatic rings. The van der Waals surface area contributed by atoms with Crippen LogP contribution < -0.4 is 29.4 Å². The van der Waals surface area contributed by atoms with E-state index in [9.17, 15) is 16.8 Å². The first-order chi connectivity index (χ1) is 49.8. The maximum absolute atomic E-state index is 14.7. The Morgan fingerprint density at radius 1 is 0.225 bits per heavy atom. The van der Waals surface area contributed by atoms with Crippen LogP contribution in [0.2, 0.25) is 0 Å². The molecule has 0 atom stereocenters. The third-order valence-electron chi connectivity index (χ3n) is 20.9. The highest BCUT2D eigenvalue weighted by molar-refractivity contribution is 7.91. The first-order valence-electron chi connectivity index (χ1n) is 34.4. The molecule has 4 heterocycles. The summed E-state index contributed by atoms with van der Waals surface area (Å²) in [6.45, 7) is 6.85. The highest BCUT2D eigenvalue weighted by Gasteiger charge is 2.42. The maximum atomic E-state index is 14.7. The number of anilines is 18. The fraction of sp³-hybridized carbons (Fsp3) is 0.0667. The molecule has 10 nitrogen and oxygen atoms in total. The van der Waals surface area contributed by atoms with Crippen molar-refractivity contribution < 1.29 is 16.8 Å². The lowest BCUT2D eigenvalue weighted by Gasteiger charge is -2.44. The van der Waals surface area contributed by atoms with Gasteiger partial charge >= 0.3 is 0 Å². The smallest absolute Gasteiger partial charge is 0.206 e. The lowest BCUT2D eigenvalue weighted by Crippen LogP contribution is -2.35. The van der Waals surface area contributed by atoms with Crippen LogP contribution in [0.25, 0.3) is 0 Å². The van der Waals surface area contributed by atoms with Gasteiger partial charge in [-0.05, 0) is 228 Å². The molecule has 0 N–H and O–H groups in total. The molecule has 14 aromatic carbocycles. The van der Waals surface area contributed by atoms with E-state index in [-0.39, 0.29) is 25.0 Å². The Labute approximate surface area is 595 Å². The molecule has 0 bridgehead atoms. The molecule has 0 saturated carbocycles. The predicted octanol–water partition coefficient (Wildman–Crippen LogP) is 23.3. The number of rotatable bonds is 12. The van der Waals surface area contributed by atoms with Crippen molar-refractivity contribution in [3.05, 3.63) is 374 Å². The largest absolute Gasteiger partial charge is 0.310 e. The normalized spacial score (nSPS) is 14.5. The van der Waals surface area contributed by atoms with Gasteiger partial charge in [-0.2, -0.15) is 0 Å². The number of hydrogen-bond acceptors (Lipinski definition) is 10. The van der Waals surface area contributed by atoms with Gasteiger partial charge in [0.2, 0.25) is 19.7 Å². The van der Waals surface area contributed by atoms with Gasteiger partial charge in [-0.15, -0.1) is 0 Å². The third kappa shape index (κ3) is 9.87. The molecule has 0 fully saturated rings. The van der Waals surface area contributed by atoms with Crippen molar-refractivity contribution in [2.75, 3.05) is 29.4 Å². The van der Waals surface area contributed by atoms with E-state index >= 15 is 0 Å². The lowest BCUT2D eigenvalue weighted by atomic mass is 9.68. The fourth-order valence-electron chi connectivity index (χ4n) is 16.1. The van der Waals surface area contributed by atoms with Crippen LogP contribution in [0.1, 0.15) is 48.6 Å². The first-order valence-corrected chi connectivity index (χ1v) is 37.3. The minimum Gasteiger partial charge on any atom is -0.310 e. The van der Waals surface area contributed by atoms with E-state index in [1.165, 1.54) is 11.1 Å². The van der Waals surface area contributed by atoms with Crippen molar-refractivity contribution in [2.24, 2.45) is 0 Å². The Balaban J connectivity index is 0.611. The van der Waals surface area contributed by atoms with Crippen molar-refractivity contribution in [3.8, 4) is 0 Å². The van der Waals surface area contributed by atoms with Crippen molar-refractivity contribution in [2.45, 2.75) is 57.6 Å². The van der Waals surface area contributed by atoms with Gasteiger partial charge in [0.15, 0.2) is 0 Å². The summed E-state index contributed by atoms with van der Waals surface area (Å²) < 4.78 is 58.5. The molecular weight excluding hydrogens is 1290 g/mol. The van der Waals surface area contributed by atoms with Gasteiger partial charge in [-0.1, -0.05) is 172 Å². The molecule has 0 radical (unpaired) electrons. The van der Waals surface area contributed by atoms with Gasteiger partial charge < -0.3 is 29.4 Å². The second kappa shape index (κ2) is 24.0. The zero-order valence-corrected chi connectivity index (χ0v) is 57.9. The van der Waals surface area contributed by atoms with Gasteiger partial charge in [0.25, 0.3) is 0 Å². The molecule has 102 heavy (non-hydrogen) atoms. The topological polar surface area (TPSA) is 87.7 Å². The quantitative estimate of drug-likeness (QED) is 0.118. The summed E-state index contributed by atoms with van der Waals surface area (Å²) in [5.74, 6) is 0. The summed E-state index contributed by atoms with van der Waals surface area (Å²) in [6, 6.07) is 116. The SMILES string of the molecule is CC1(C)c2ccccc2N(c2ccc(S(=O)(=O)c3ccc(N4c5ccccc5C(C)(Cc5cccc(N6c7ccccc7N(c7ccc(S(=O)(=O)c8ccc(N9c%10ccccc%10N(c%10ccccc%10)c%10ccccc%109)cc8)cc7)c7ccccc76)c5)c5ccccc54)cc3)cc2)c2ccccc21. The number of nitrogens with zero attached hydrogens (tertiary/aromatic N) is 6. The van der Waals surface area contributed by atoms with Gasteiger partial charge in [0.05, 0.1) is 87.8 Å². The number of para-hydroxylation sites is 13. The van der Waals surface area contributed by atoms with Crippen LogP contribution in [-0.2, 0) is 36.9 Å². The molecule has 18 rings (SSSR count). The lowest BCUT2D eigenvalue weighted by molar-refractivity contribution is 0.561. The van der Waals surface area contributed by atoms with E-state index in [1.807, 2.05) is 103 Å². The first kappa shape index (κ1) is 62.1. The molecule has 0 amide bonds. The minimum absolute atomic E-state index is 0.199. The van der Waals surface area contributed by atoms with Gasteiger partial charge in [0.1, 0.15) is 0 Å². The Hall–Kier alpha value is -12.2. The Bertz CT molecular complexity index is 5680. The predicted molar refractivity (Wildman–Crippen MR) is 414 cm³/mol. The Morgan fingerprint density at radius 2 is 0.451 bits per heavy atom. The second-order valence-corrected chi connectivity index (χ2v) is 31.1. The van der Waals surface area contributed by atoms with Crippen LogP contribution in [0, 0.1) is 0 Å². The van der Waals surface area contributed by atoms with E-state index in [0.29, 0.717) is 6.42 Å². The number of sulfone groups is 2. The molecule has 0 aromatic heterocycles. The minimum atomic E-state index is -3.94. The molecule has 14 aromatic rings. The summed E-state index contributed by atoms with van der Waals surface area (Å²) in [5, 5.41) is 0. The zero-order valence-electron chi connectivity index (χ0n) is 56.2. The van der Waals surface area contributed by atoms with Crippen LogP contribution in [0.15, 0.2) is 365 Å². The van der Waals surface area contributed by atoms with Crippen LogP contribution in [-0.4, -0.2) is 16.8 Å². The fourth-order valence-corrected chi connectivity index (χ4v) is 18.6. The molecule has 494 valence electrons. The molecule has 0 spiro atoms. The molecular formula is C90H68N6O4S2. The summed E-state index contributed by atoms with van der Waals surface area (Å²) >= 11 is 0. The monoisotopic (exact) mass is 1360 g/mol. The van der Waals surface area contributed by atoms with Gasteiger partial charge in [-0.3, -0.25) is 0 Å². The Kier molecular flexibility index (Phi) is 14.6.